The molecule has 3 nitrogen and oxygen atoms in total. The Morgan fingerprint density at radius 2 is 1.14 bits per heavy atom. The maximum atomic E-state index is 13.4. The van der Waals surface area contributed by atoms with E-state index in [-0.39, 0.29) is 5.75 Å². The van der Waals surface area contributed by atoms with E-state index >= 15 is 0 Å². The molecule has 6 aromatic rings. The van der Waals surface area contributed by atoms with Crippen molar-refractivity contribution in [3.63, 3.8) is 0 Å². The molecule has 2 aliphatic carbocycles. The number of rotatable bonds is 2. The predicted molar refractivity (Wildman–Crippen MR) is 157 cm³/mol. The van der Waals surface area contributed by atoms with Gasteiger partial charge in [0, 0.05) is 5.39 Å². The Bertz CT molecular complexity index is 2170. The molecule has 0 amide bonds. The molecule has 1 spiro atoms. The third-order valence-electron chi connectivity index (χ3n) is 8.70. The van der Waals surface area contributed by atoms with Crippen molar-refractivity contribution in [1.82, 2.24) is 0 Å². The second kappa shape index (κ2) is 8.46. The standard InChI is InChI=1S/C35H21F3O3S/c36-35(37,38)42(39,40)41-31-19-18-23-20-22-10-5-8-21-9-6-16-29(32(21)22)34(30-17-7-13-26(31)33(23)30)27-14-3-1-11-24(27)25-12-2-4-15-28(25)34/h1-19H,20H2. The molecule has 0 heterocycles. The quantitative estimate of drug-likeness (QED) is 0.153. The molecule has 0 saturated heterocycles. The van der Waals surface area contributed by atoms with E-state index < -0.39 is 21.0 Å². The van der Waals surface area contributed by atoms with Gasteiger partial charge in [-0.1, -0.05) is 109 Å². The van der Waals surface area contributed by atoms with Crippen LogP contribution in [0.2, 0.25) is 0 Å². The molecule has 0 radical (unpaired) electrons. The van der Waals surface area contributed by atoms with Crippen molar-refractivity contribution in [3.8, 4) is 16.9 Å². The Labute approximate surface area is 239 Å². The smallest absolute Gasteiger partial charge is 0.375 e. The largest absolute Gasteiger partial charge is 0.534 e. The first kappa shape index (κ1) is 25.1. The zero-order chi connectivity index (χ0) is 28.9. The van der Waals surface area contributed by atoms with Crippen molar-refractivity contribution in [2.75, 3.05) is 0 Å². The first-order chi connectivity index (χ1) is 20.2. The minimum atomic E-state index is -5.88. The maximum Gasteiger partial charge on any atom is 0.534 e. The topological polar surface area (TPSA) is 43.4 Å². The van der Waals surface area contributed by atoms with Gasteiger partial charge in [-0.05, 0) is 73.2 Å². The lowest BCUT2D eigenvalue weighted by atomic mass is 9.63. The van der Waals surface area contributed by atoms with Gasteiger partial charge < -0.3 is 4.18 Å². The SMILES string of the molecule is O=S(=O)(Oc1ccc2c3c(cccc13)C1(c3ccccc3-c3ccccc31)c1cccc3cccc(c13)C2)C(F)(F)F. The van der Waals surface area contributed by atoms with Crippen LogP contribution >= 0.6 is 0 Å². The summed E-state index contributed by atoms with van der Waals surface area (Å²) in [5.74, 6) is -0.352. The molecule has 7 heteroatoms. The molecule has 0 unspecified atom stereocenters. The number of benzene rings is 6. The normalized spacial score (nSPS) is 14.8. The first-order valence-corrected chi connectivity index (χ1v) is 14.9. The molecule has 0 bridgehead atoms. The van der Waals surface area contributed by atoms with Crippen LogP contribution in [0.5, 0.6) is 5.75 Å². The van der Waals surface area contributed by atoms with Crippen LogP contribution in [0.1, 0.15) is 33.4 Å². The van der Waals surface area contributed by atoms with E-state index in [9.17, 15) is 21.6 Å². The zero-order valence-corrected chi connectivity index (χ0v) is 22.8. The van der Waals surface area contributed by atoms with Crippen molar-refractivity contribution in [3.05, 3.63) is 149 Å². The van der Waals surface area contributed by atoms with Crippen LogP contribution in [0, 0.1) is 0 Å². The molecule has 42 heavy (non-hydrogen) atoms. The molecule has 6 aromatic carbocycles. The summed E-state index contributed by atoms with van der Waals surface area (Å²) in [4.78, 5) is 0. The highest BCUT2D eigenvalue weighted by molar-refractivity contribution is 7.88. The minimum Gasteiger partial charge on any atom is -0.375 e. The third kappa shape index (κ3) is 3.20. The summed E-state index contributed by atoms with van der Waals surface area (Å²) in [6.07, 6.45) is 0.507. The van der Waals surface area contributed by atoms with Crippen LogP contribution in [0.15, 0.2) is 115 Å². The molecule has 8 rings (SSSR count). The fourth-order valence-corrected chi connectivity index (χ4v) is 7.67. The van der Waals surface area contributed by atoms with Gasteiger partial charge in [0.15, 0.2) is 5.75 Å². The summed E-state index contributed by atoms with van der Waals surface area (Å²) in [6, 6.07) is 37.4. The summed E-state index contributed by atoms with van der Waals surface area (Å²) in [5, 5.41) is 3.23. The molecule has 0 aromatic heterocycles. The van der Waals surface area contributed by atoms with Gasteiger partial charge in [-0.25, -0.2) is 0 Å². The van der Waals surface area contributed by atoms with Crippen LogP contribution in [-0.4, -0.2) is 13.9 Å². The first-order valence-electron chi connectivity index (χ1n) is 13.5. The maximum absolute atomic E-state index is 13.4. The zero-order valence-electron chi connectivity index (χ0n) is 21.9. The molecule has 2 aliphatic rings. The van der Waals surface area contributed by atoms with E-state index in [1.165, 1.54) is 6.07 Å². The van der Waals surface area contributed by atoms with Gasteiger partial charge in [-0.2, -0.15) is 21.6 Å². The highest BCUT2D eigenvalue weighted by atomic mass is 32.2. The van der Waals surface area contributed by atoms with E-state index in [2.05, 4.69) is 48.5 Å². The van der Waals surface area contributed by atoms with Crippen LogP contribution in [0.4, 0.5) is 13.2 Å². The van der Waals surface area contributed by atoms with Gasteiger partial charge >= 0.3 is 15.6 Å². The fraction of sp³-hybridized carbons (Fsp3) is 0.0857. The lowest BCUT2D eigenvalue weighted by molar-refractivity contribution is -0.0499. The van der Waals surface area contributed by atoms with Crippen molar-refractivity contribution < 1.29 is 25.8 Å². The highest BCUT2D eigenvalue weighted by Gasteiger charge is 2.50. The number of hydrogen-bond donors (Lipinski definition) is 0. The second-order valence-corrected chi connectivity index (χ2v) is 12.3. The summed E-state index contributed by atoms with van der Waals surface area (Å²) >= 11 is 0. The van der Waals surface area contributed by atoms with E-state index in [1.807, 2.05) is 42.5 Å². The molecular weight excluding hydrogens is 557 g/mol. The highest BCUT2D eigenvalue weighted by Crippen LogP contribution is 2.59. The van der Waals surface area contributed by atoms with Crippen molar-refractivity contribution >= 4 is 31.7 Å². The minimum absolute atomic E-state index is 0.311. The monoisotopic (exact) mass is 578 g/mol. The number of fused-ring (bicyclic) bond motifs is 7. The number of hydrogen-bond acceptors (Lipinski definition) is 3. The van der Waals surface area contributed by atoms with Gasteiger partial charge in [0.1, 0.15) is 0 Å². The number of halogens is 3. The third-order valence-corrected chi connectivity index (χ3v) is 9.67. The van der Waals surface area contributed by atoms with Crippen molar-refractivity contribution in [2.45, 2.75) is 17.3 Å². The van der Waals surface area contributed by atoms with Crippen LogP contribution in [0.3, 0.4) is 0 Å². The van der Waals surface area contributed by atoms with Crippen molar-refractivity contribution in [2.24, 2.45) is 0 Å². The molecule has 0 saturated carbocycles. The van der Waals surface area contributed by atoms with E-state index in [0.29, 0.717) is 17.2 Å². The predicted octanol–water partition coefficient (Wildman–Crippen LogP) is 8.49. The summed E-state index contributed by atoms with van der Waals surface area (Å²) in [6.45, 7) is 0. The average Bonchev–Trinajstić information content (AvgIpc) is 3.28. The van der Waals surface area contributed by atoms with Gasteiger partial charge in [0.2, 0.25) is 0 Å². The molecule has 0 N–H and O–H groups in total. The molecule has 206 valence electrons. The Morgan fingerprint density at radius 1 is 0.595 bits per heavy atom. The molecule has 0 fully saturated rings. The van der Waals surface area contributed by atoms with Crippen LogP contribution in [-0.2, 0) is 22.0 Å². The van der Waals surface area contributed by atoms with Gasteiger partial charge in [0.25, 0.3) is 0 Å². The Balaban J connectivity index is 1.58. The number of alkyl halides is 3. The Hall–Kier alpha value is -4.62. The van der Waals surface area contributed by atoms with Gasteiger partial charge in [-0.3, -0.25) is 0 Å². The van der Waals surface area contributed by atoms with Gasteiger partial charge in [0.05, 0.1) is 5.41 Å². The summed E-state index contributed by atoms with van der Waals surface area (Å²) in [5.41, 5.74) is 1.77. The molecule has 0 atom stereocenters. The second-order valence-electron chi connectivity index (χ2n) is 10.8. The van der Waals surface area contributed by atoms with Crippen molar-refractivity contribution in [1.29, 1.82) is 0 Å². The molecular formula is C35H21F3O3S. The summed E-state index contributed by atoms with van der Waals surface area (Å²) < 4.78 is 69.4. The fourth-order valence-electron chi connectivity index (χ4n) is 7.20. The van der Waals surface area contributed by atoms with Crippen LogP contribution in [0.25, 0.3) is 32.7 Å². The van der Waals surface area contributed by atoms with Gasteiger partial charge in [-0.15, -0.1) is 0 Å². The van der Waals surface area contributed by atoms with E-state index in [4.69, 9.17) is 4.18 Å². The average molecular weight is 579 g/mol. The van der Waals surface area contributed by atoms with Crippen LogP contribution < -0.4 is 4.18 Å². The summed E-state index contributed by atoms with van der Waals surface area (Å²) in [7, 11) is -5.88. The Morgan fingerprint density at radius 3 is 1.81 bits per heavy atom. The molecule has 0 aliphatic heterocycles. The lowest BCUT2D eigenvalue weighted by Gasteiger charge is -2.38. The lowest BCUT2D eigenvalue weighted by Crippen LogP contribution is -2.31. The van der Waals surface area contributed by atoms with E-state index in [0.717, 1.165) is 55.3 Å². The van der Waals surface area contributed by atoms with E-state index in [1.54, 1.807) is 18.2 Å². The Kier molecular flexibility index (Phi) is 5.06.